The number of aliphatic carboxylic acids is 1. The van der Waals surface area contributed by atoms with Gasteiger partial charge in [-0.15, -0.1) is 0 Å². The molecule has 0 fully saturated rings. The van der Waals surface area contributed by atoms with Gasteiger partial charge in [-0.3, -0.25) is 9.48 Å². The van der Waals surface area contributed by atoms with E-state index in [1.54, 1.807) is 24.9 Å². The van der Waals surface area contributed by atoms with E-state index < -0.39 is 11.5 Å². The van der Waals surface area contributed by atoms with Gasteiger partial charge in [-0.25, -0.2) is 0 Å². The highest BCUT2D eigenvalue weighted by molar-refractivity contribution is 6.31. The number of carboxylic acids is 1. The Balaban J connectivity index is 2.36. The Morgan fingerprint density at radius 3 is 2.72 bits per heavy atom. The smallest absolute Gasteiger partial charge is 0.323 e. The number of nitrogens with one attached hydrogen (secondary N) is 1. The summed E-state index contributed by atoms with van der Waals surface area (Å²) in [5.74, 6) is -0.817. The first-order chi connectivity index (χ1) is 8.39. The fourth-order valence-corrected chi connectivity index (χ4v) is 1.85. The average Bonchev–Trinajstić information content (AvgIpc) is 2.64. The van der Waals surface area contributed by atoms with Gasteiger partial charge in [0.15, 0.2) is 0 Å². The molecule has 0 aliphatic carbocycles. The summed E-state index contributed by atoms with van der Waals surface area (Å²) in [6, 6.07) is 0. The van der Waals surface area contributed by atoms with Gasteiger partial charge in [-0.2, -0.15) is 5.10 Å². The van der Waals surface area contributed by atoms with Crippen molar-refractivity contribution in [2.24, 2.45) is 0 Å². The Morgan fingerprint density at radius 1 is 1.61 bits per heavy atom. The van der Waals surface area contributed by atoms with Crippen LogP contribution in [0.1, 0.15) is 31.9 Å². The molecular formula is C12H20ClN3O2. The second-order valence-electron chi connectivity index (χ2n) is 4.67. The molecule has 2 N–H and O–H groups in total. The van der Waals surface area contributed by atoms with Crippen molar-refractivity contribution in [1.29, 1.82) is 0 Å². The second-order valence-corrected chi connectivity index (χ2v) is 5.08. The summed E-state index contributed by atoms with van der Waals surface area (Å²) in [5, 5.41) is 16.9. The predicted molar refractivity (Wildman–Crippen MR) is 70.9 cm³/mol. The summed E-state index contributed by atoms with van der Waals surface area (Å²) in [5.41, 5.74) is -0.0280. The van der Waals surface area contributed by atoms with Gasteiger partial charge in [-0.1, -0.05) is 11.6 Å². The summed E-state index contributed by atoms with van der Waals surface area (Å²) in [6.07, 6.45) is 4.08. The van der Waals surface area contributed by atoms with Gasteiger partial charge in [0, 0.05) is 12.7 Å². The lowest BCUT2D eigenvalue weighted by atomic mass is 9.95. The first-order valence-corrected chi connectivity index (χ1v) is 6.38. The molecule has 1 unspecified atom stereocenters. The highest BCUT2D eigenvalue weighted by Crippen LogP contribution is 2.16. The van der Waals surface area contributed by atoms with Crippen molar-refractivity contribution < 1.29 is 9.90 Å². The van der Waals surface area contributed by atoms with Crippen LogP contribution in [-0.4, -0.2) is 33.4 Å². The molecule has 0 spiro atoms. The molecule has 102 valence electrons. The molecule has 0 bridgehead atoms. The van der Waals surface area contributed by atoms with E-state index in [1.807, 2.05) is 6.92 Å². The summed E-state index contributed by atoms with van der Waals surface area (Å²) in [6.45, 7) is 4.32. The fraction of sp³-hybridized carbons (Fsp3) is 0.667. The lowest BCUT2D eigenvalue weighted by molar-refractivity contribution is -0.144. The lowest BCUT2D eigenvalue weighted by Crippen LogP contribution is -2.47. The number of rotatable bonds is 7. The standard InChI is InChI=1S/C12H20ClN3O2/c1-9-10(13)8-16(15-9)7-5-4-6-12(2,14-3)11(17)18/h8,14H,4-7H2,1-3H3,(H,17,18). The Bertz CT molecular complexity index is 400. The minimum absolute atomic E-state index is 0.590. The minimum atomic E-state index is -0.850. The number of carboxylic acid groups (broad SMARTS) is 1. The topological polar surface area (TPSA) is 67.2 Å². The molecule has 5 nitrogen and oxygen atoms in total. The molecule has 1 heterocycles. The monoisotopic (exact) mass is 273 g/mol. The van der Waals surface area contributed by atoms with Crippen molar-refractivity contribution in [3.8, 4) is 0 Å². The molecule has 0 saturated carbocycles. The SMILES string of the molecule is CNC(C)(CCCCn1cc(Cl)c(C)n1)C(=O)O. The molecule has 0 radical (unpaired) electrons. The summed E-state index contributed by atoms with van der Waals surface area (Å²) >= 11 is 5.91. The zero-order valence-corrected chi connectivity index (χ0v) is 11.8. The van der Waals surface area contributed by atoms with E-state index in [2.05, 4.69) is 10.4 Å². The Morgan fingerprint density at radius 2 is 2.28 bits per heavy atom. The lowest BCUT2D eigenvalue weighted by Gasteiger charge is -2.23. The van der Waals surface area contributed by atoms with Crippen LogP contribution < -0.4 is 5.32 Å². The number of halogens is 1. The van der Waals surface area contributed by atoms with Crippen molar-refractivity contribution in [3.05, 3.63) is 16.9 Å². The number of hydrogen-bond donors (Lipinski definition) is 2. The van der Waals surface area contributed by atoms with Crippen LogP contribution in [0.15, 0.2) is 6.20 Å². The molecule has 0 aliphatic heterocycles. The highest BCUT2D eigenvalue weighted by Gasteiger charge is 2.29. The van der Waals surface area contributed by atoms with E-state index in [-0.39, 0.29) is 0 Å². The van der Waals surface area contributed by atoms with E-state index in [0.29, 0.717) is 11.4 Å². The van der Waals surface area contributed by atoms with E-state index in [0.717, 1.165) is 25.1 Å². The number of carbonyl (C=O) groups is 1. The summed E-state index contributed by atoms with van der Waals surface area (Å²) in [7, 11) is 1.67. The van der Waals surface area contributed by atoms with Crippen LogP contribution in [-0.2, 0) is 11.3 Å². The van der Waals surface area contributed by atoms with Crippen LogP contribution in [0.2, 0.25) is 5.02 Å². The molecule has 0 amide bonds. The molecule has 1 aromatic rings. The van der Waals surface area contributed by atoms with Crippen LogP contribution in [0.4, 0.5) is 0 Å². The van der Waals surface area contributed by atoms with E-state index in [4.69, 9.17) is 16.7 Å². The van der Waals surface area contributed by atoms with E-state index in [9.17, 15) is 4.79 Å². The quantitative estimate of drug-likeness (QED) is 0.747. The third-order valence-corrected chi connectivity index (χ3v) is 3.60. The number of hydrogen-bond acceptors (Lipinski definition) is 3. The molecule has 1 atom stereocenters. The van der Waals surface area contributed by atoms with Gasteiger partial charge in [-0.05, 0) is 40.2 Å². The number of aromatic nitrogens is 2. The van der Waals surface area contributed by atoms with Crippen LogP contribution in [0.3, 0.4) is 0 Å². The summed E-state index contributed by atoms with van der Waals surface area (Å²) < 4.78 is 1.80. The Kier molecular flexibility index (Phi) is 5.16. The summed E-state index contributed by atoms with van der Waals surface area (Å²) in [4.78, 5) is 11.1. The molecule has 6 heteroatoms. The molecular weight excluding hydrogens is 254 g/mol. The van der Waals surface area contributed by atoms with Crippen LogP contribution in [0.25, 0.3) is 0 Å². The minimum Gasteiger partial charge on any atom is -0.480 e. The van der Waals surface area contributed by atoms with E-state index >= 15 is 0 Å². The fourth-order valence-electron chi connectivity index (χ4n) is 1.70. The predicted octanol–water partition coefficient (Wildman–Crippen LogP) is 2.08. The molecule has 1 rings (SSSR count). The van der Waals surface area contributed by atoms with Gasteiger partial charge >= 0.3 is 5.97 Å². The molecule has 1 aromatic heterocycles. The number of aryl methyl sites for hydroxylation is 2. The van der Waals surface area contributed by atoms with Crippen molar-refractivity contribution in [3.63, 3.8) is 0 Å². The zero-order chi connectivity index (χ0) is 13.8. The van der Waals surface area contributed by atoms with Gasteiger partial charge < -0.3 is 10.4 Å². The third-order valence-electron chi connectivity index (χ3n) is 3.22. The van der Waals surface area contributed by atoms with Crippen molar-refractivity contribution >= 4 is 17.6 Å². The van der Waals surface area contributed by atoms with Gasteiger partial charge in [0.1, 0.15) is 5.54 Å². The van der Waals surface area contributed by atoms with Crippen molar-refractivity contribution in [2.45, 2.75) is 45.2 Å². The Hall–Kier alpha value is -1.07. The van der Waals surface area contributed by atoms with E-state index in [1.165, 1.54) is 0 Å². The van der Waals surface area contributed by atoms with Gasteiger partial charge in [0.05, 0.1) is 10.7 Å². The maximum absolute atomic E-state index is 11.1. The molecule has 0 aliphatic rings. The zero-order valence-electron chi connectivity index (χ0n) is 11.0. The highest BCUT2D eigenvalue weighted by atomic mass is 35.5. The Labute approximate surface area is 112 Å². The number of likely N-dealkylation sites (N-methyl/N-ethyl adjacent to an activating group) is 1. The average molecular weight is 274 g/mol. The van der Waals surface area contributed by atoms with Crippen LogP contribution in [0, 0.1) is 6.92 Å². The number of unbranched alkanes of at least 4 members (excludes halogenated alkanes) is 1. The normalized spacial score (nSPS) is 14.4. The maximum atomic E-state index is 11.1. The third kappa shape index (κ3) is 3.71. The number of nitrogens with zero attached hydrogens (tertiary/aromatic N) is 2. The molecule has 0 saturated heterocycles. The molecule has 0 aromatic carbocycles. The van der Waals surface area contributed by atoms with Crippen LogP contribution >= 0.6 is 11.6 Å². The first kappa shape index (κ1) is 15.0. The van der Waals surface area contributed by atoms with Gasteiger partial charge in [0.25, 0.3) is 0 Å². The van der Waals surface area contributed by atoms with Crippen molar-refractivity contribution in [2.75, 3.05) is 7.05 Å². The molecule has 18 heavy (non-hydrogen) atoms. The van der Waals surface area contributed by atoms with Gasteiger partial charge in [0.2, 0.25) is 0 Å². The first-order valence-electron chi connectivity index (χ1n) is 6.01. The second kappa shape index (κ2) is 6.20. The largest absolute Gasteiger partial charge is 0.480 e. The maximum Gasteiger partial charge on any atom is 0.323 e. The van der Waals surface area contributed by atoms with Crippen molar-refractivity contribution in [1.82, 2.24) is 15.1 Å². The van der Waals surface area contributed by atoms with Crippen LogP contribution in [0.5, 0.6) is 0 Å².